The molecule has 3 nitrogen and oxygen atoms in total. The van der Waals surface area contributed by atoms with Crippen LogP contribution in [-0.2, 0) is 6.18 Å². The summed E-state index contributed by atoms with van der Waals surface area (Å²) in [6.07, 6.45) is -1.33. The zero-order valence-electron chi connectivity index (χ0n) is 9.89. The third-order valence-electron chi connectivity index (χ3n) is 1.95. The summed E-state index contributed by atoms with van der Waals surface area (Å²) in [7, 11) is 0. The lowest BCUT2D eigenvalue weighted by molar-refractivity contribution is -0.137. The fourth-order valence-electron chi connectivity index (χ4n) is 1.08. The number of benzene rings is 1. The van der Waals surface area contributed by atoms with Crippen molar-refractivity contribution in [3.63, 3.8) is 0 Å². The molecule has 0 aliphatic carbocycles. The maximum absolute atomic E-state index is 12.3. The second kappa shape index (κ2) is 6.98. The number of hydrogen-bond donors (Lipinski definition) is 1. The molecule has 1 aromatic carbocycles. The van der Waals surface area contributed by atoms with Crippen molar-refractivity contribution in [1.29, 1.82) is 0 Å². The number of nitrogens with zero attached hydrogens (tertiary/aromatic N) is 2. The molecule has 0 heterocycles. The summed E-state index contributed by atoms with van der Waals surface area (Å²) in [5, 5.41) is 7.64. The zero-order chi connectivity index (χ0) is 14.3. The molecule has 0 unspecified atom stereocenters. The Morgan fingerprint density at radius 3 is 2.47 bits per heavy atom. The minimum Gasteiger partial charge on any atom is -0.377 e. The SMILES string of the molecule is C=CCS/C(N)=N\N=C\c1ccc(C(F)(F)F)cc1. The van der Waals surface area contributed by atoms with E-state index >= 15 is 0 Å². The van der Waals surface area contributed by atoms with Crippen LogP contribution in [0.4, 0.5) is 13.2 Å². The number of halogens is 3. The quantitative estimate of drug-likeness (QED) is 0.400. The molecule has 0 spiro atoms. The van der Waals surface area contributed by atoms with Crippen molar-refractivity contribution >= 4 is 23.1 Å². The lowest BCUT2D eigenvalue weighted by atomic mass is 10.1. The minimum absolute atomic E-state index is 0.267. The van der Waals surface area contributed by atoms with Crippen molar-refractivity contribution in [2.75, 3.05) is 5.75 Å². The summed E-state index contributed by atoms with van der Waals surface area (Å²) in [4.78, 5) is 0. The predicted octanol–water partition coefficient (Wildman–Crippen LogP) is 3.27. The normalized spacial score (nSPS) is 12.9. The molecule has 0 aromatic heterocycles. The maximum atomic E-state index is 12.3. The third kappa shape index (κ3) is 5.60. The average molecular weight is 287 g/mol. The number of amidine groups is 1. The van der Waals surface area contributed by atoms with Crippen LogP contribution in [0.25, 0.3) is 0 Å². The van der Waals surface area contributed by atoms with Crippen molar-refractivity contribution in [3.05, 3.63) is 48.0 Å². The Morgan fingerprint density at radius 1 is 1.32 bits per heavy atom. The molecule has 102 valence electrons. The second-order valence-electron chi connectivity index (χ2n) is 3.40. The van der Waals surface area contributed by atoms with Crippen LogP contribution >= 0.6 is 11.8 Å². The molecule has 1 aromatic rings. The van der Waals surface area contributed by atoms with E-state index in [9.17, 15) is 13.2 Å². The second-order valence-corrected chi connectivity index (χ2v) is 4.44. The molecule has 0 aliphatic rings. The predicted molar refractivity (Wildman–Crippen MR) is 73.3 cm³/mol. The summed E-state index contributed by atoms with van der Waals surface area (Å²) in [5.41, 5.74) is 5.32. The van der Waals surface area contributed by atoms with Crippen LogP contribution in [0.3, 0.4) is 0 Å². The van der Waals surface area contributed by atoms with E-state index in [0.717, 1.165) is 12.1 Å². The Kier molecular flexibility index (Phi) is 5.62. The molecule has 7 heteroatoms. The van der Waals surface area contributed by atoms with E-state index in [2.05, 4.69) is 16.8 Å². The number of rotatable bonds is 4. The van der Waals surface area contributed by atoms with Gasteiger partial charge in [0.2, 0.25) is 0 Å². The zero-order valence-corrected chi connectivity index (χ0v) is 10.7. The smallest absolute Gasteiger partial charge is 0.377 e. The lowest BCUT2D eigenvalue weighted by Gasteiger charge is -2.05. The van der Waals surface area contributed by atoms with Gasteiger partial charge in [-0.25, -0.2) is 0 Å². The van der Waals surface area contributed by atoms with Gasteiger partial charge in [-0.05, 0) is 17.7 Å². The minimum atomic E-state index is -4.33. The Bertz CT molecular complexity index is 478. The van der Waals surface area contributed by atoms with Crippen molar-refractivity contribution in [1.82, 2.24) is 0 Å². The van der Waals surface area contributed by atoms with E-state index in [1.807, 2.05) is 0 Å². The highest BCUT2D eigenvalue weighted by molar-refractivity contribution is 8.13. The number of nitrogens with two attached hydrogens (primary N) is 1. The Balaban J connectivity index is 2.65. The Hall–Kier alpha value is -1.76. The summed E-state index contributed by atoms with van der Waals surface area (Å²) >= 11 is 1.26. The van der Waals surface area contributed by atoms with Crippen LogP contribution in [0.1, 0.15) is 11.1 Å². The Labute approximate surface area is 113 Å². The van der Waals surface area contributed by atoms with Gasteiger partial charge in [-0.15, -0.1) is 11.7 Å². The van der Waals surface area contributed by atoms with Crippen LogP contribution in [-0.4, -0.2) is 17.1 Å². The number of thioether (sulfide) groups is 1. The fourth-order valence-corrected chi connectivity index (χ4v) is 1.48. The molecule has 1 rings (SSSR count). The average Bonchev–Trinajstić information content (AvgIpc) is 2.36. The van der Waals surface area contributed by atoms with Crippen LogP contribution in [0, 0.1) is 0 Å². The van der Waals surface area contributed by atoms with Crippen LogP contribution in [0.15, 0.2) is 47.1 Å². The molecule has 2 N–H and O–H groups in total. The van der Waals surface area contributed by atoms with Crippen molar-refractivity contribution in [3.8, 4) is 0 Å². The van der Waals surface area contributed by atoms with Gasteiger partial charge in [0.25, 0.3) is 0 Å². The highest BCUT2D eigenvalue weighted by Crippen LogP contribution is 2.28. The summed E-state index contributed by atoms with van der Waals surface area (Å²) in [6.45, 7) is 3.53. The topological polar surface area (TPSA) is 50.7 Å². The van der Waals surface area contributed by atoms with E-state index in [1.54, 1.807) is 6.08 Å². The molecule has 0 amide bonds. The fraction of sp³-hybridized carbons (Fsp3) is 0.167. The van der Waals surface area contributed by atoms with Gasteiger partial charge >= 0.3 is 6.18 Å². The molecule has 0 radical (unpaired) electrons. The Morgan fingerprint density at radius 2 is 1.95 bits per heavy atom. The summed E-state index contributed by atoms with van der Waals surface area (Å²) in [6, 6.07) is 4.60. The first kappa shape index (κ1) is 15.3. The van der Waals surface area contributed by atoms with Gasteiger partial charge in [-0.1, -0.05) is 30.0 Å². The molecular weight excluding hydrogens is 275 g/mol. The first-order chi connectivity index (χ1) is 8.93. The van der Waals surface area contributed by atoms with E-state index in [4.69, 9.17) is 5.73 Å². The molecule has 0 fully saturated rings. The van der Waals surface area contributed by atoms with E-state index in [-0.39, 0.29) is 5.17 Å². The molecular formula is C12H12F3N3S. The van der Waals surface area contributed by atoms with Gasteiger partial charge in [0.05, 0.1) is 11.8 Å². The van der Waals surface area contributed by atoms with Crippen LogP contribution < -0.4 is 5.73 Å². The molecule has 0 bridgehead atoms. The summed E-state index contributed by atoms with van der Waals surface area (Å²) in [5.74, 6) is 0.616. The number of alkyl halides is 3. The molecule has 19 heavy (non-hydrogen) atoms. The van der Waals surface area contributed by atoms with Gasteiger partial charge in [0.1, 0.15) is 0 Å². The maximum Gasteiger partial charge on any atom is 0.416 e. The molecule has 0 aliphatic heterocycles. The standard InChI is InChI=1S/C12H12F3N3S/c1-2-7-19-11(16)18-17-8-9-3-5-10(6-4-9)12(13,14)15/h2-6,8H,1,7H2,(H2,16,18)/b17-8+. The number of hydrogen-bond acceptors (Lipinski definition) is 3. The first-order valence-corrected chi connectivity index (χ1v) is 6.19. The first-order valence-electron chi connectivity index (χ1n) is 5.21. The van der Waals surface area contributed by atoms with Gasteiger partial charge in [0, 0.05) is 5.75 Å². The monoisotopic (exact) mass is 287 g/mol. The van der Waals surface area contributed by atoms with E-state index < -0.39 is 11.7 Å². The summed E-state index contributed by atoms with van der Waals surface area (Å²) < 4.78 is 36.9. The van der Waals surface area contributed by atoms with Crippen LogP contribution in [0.5, 0.6) is 0 Å². The van der Waals surface area contributed by atoms with Gasteiger partial charge < -0.3 is 5.73 Å². The highest BCUT2D eigenvalue weighted by atomic mass is 32.2. The lowest BCUT2D eigenvalue weighted by Crippen LogP contribution is -2.06. The largest absolute Gasteiger partial charge is 0.416 e. The van der Waals surface area contributed by atoms with E-state index in [0.29, 0.717) is 11.3 Å². The van der Waals surface area contributed by atoms with E-state index in [1.165, 1.54) is 30.1 Å². The third-order valence-corrected chi connectivity index (χ3v) is 2.73. The molecule has 0 saturated carbocycles. The van der Waals surface area contributed by atoms with Crippen molar-refractivity contribution < 1.29 is 13.2 Å². The molecule has 0 saturated heterocycles. The van der Waals surface area contributed by atoms with Crippen molar-refractivity contribution in [2.45, 2.75) is 6.18 Å². The van der Waals surface area contributed by atoms with Gasteiger partial charge in [0.15, 0.2) is 5.17 Å². The van der Waals surface area contributed by atoms with Gasteiger partial charge in [-0.2, -0.15) is 18.3 Å². The highest BCUT2D eigenvalue weighted by Gasteiger charge is 2.29. The molecule has 0 atom stereocenters. The van der Waals surface area contributed by atoms with Gasteiger partial charge in [-0.3, -0.25) is 0 Å². The van der Waals surface area contributed by atoms with Crippen LogP contribution in [0.2, 0.25) is 0 Å². The van der Waals surface area contributed by atoms with Crippen molar-refractivity contribution in [2.24, 2.45) is 15.9 Å².